The topological polar surface area (TPSA) is 380 Å². The molecule has 25 nitrogen and oxygen atoms in total. The van der Waals surface area contributed by atoms with E-state index in [2.05, 4.69) is 46.8 Å². The zero-order chi connectivity index (χ0) is 85.5. The smallest absolute Gasteiger partial charge is 0.463 e. The third-order valence-corrected chi connectivity index (χ3v) is 24.4. The number of allylic oxidation sites excluding steroid dienone is 2. The van der Waals surface area contributed by atoms with Gasteiger partial charge in [0.05, 0.1) is 13.2 Å². The van der Waals surface area contributed by atoms with Crippen LogP contribution >= 0.6 is 7.82 Å². The fourth-order valence-electron chi connectivity index (χ4n) is 15.8. The van der Waals surface area contributed by atoms with Gasteiger partial charge in [0.25, 0.3) is 0 Å². The molecule has 0 radical (unpaired) electrons. The predicted molar refractivity (Wildman–Crippen MR) is 453 cm³/mol. The van der Waals surface area contributed by atoms with E-state index >= 15 is 0 Å². The second-order valence-electron chi connectivity index (χ2n) is 34.2. The molecule has 1 saturated carbocycles. The van der Waals surface area contributed by atoms with Gasteiger partial charge in [-0.25, -0.2) is 4.57 Å². The van der Waals surface area contributed by atoms with E-state index in [1.165, 1.54) is 186 Å². The molecule has 3 rings (SSSR count). The maximum atomic E-state index is 14.9. The van der Waals surface area contributed by atoms with Crippen molar-refractivity contribution < 1.29 is 122 Å². The molecule has 117 heavy (non-hydrogen) atoms. The molecule has 19 unspecified atom stereocenters. The van der Waals surface area contributed by atoms with E-state index in [9.17, 15) is 74.6 Å². The Morgan fingerprint density at radius 2 is 0.692 bits per heavy atom. The van der Waals surface area contributed by atoms with Gasteiger partial charge in [0, 0.05) is 25.7 Å². The number of hydrogen-bond donors (Lipinski definition) is 10. The van der Waals surface area contributed by atoms with Gasteiger partial charge in [-0.15, -0.1) is 0 Å². The molecule has 2 heterocycles. The Balaban J connectivity index is 1.93. The van der Waals surface area contributed by atoms with E-state index < -0.39 is 162 Å². The number of hydrogen-bond acceptors (Lipinski definition) is 24. The minimum Gasteiger partial charge on any atom is -0.463 e. The minimum atomic E-state index is -5.81. The molecule has 3 fully saturated rings. The summed E-state index contributed by atoms with van der Waals surface area (Å²) in [7, 11) is -5.81. The van der Waals surface area contributed by atoms with Gasteiger partial charge in [0.2, 0.25) is 0 Å². The van der Waals surface area contributed by atoms with Gasteiger partial charge >= 0.3 is 31.7 Å². The molecule has 0 aromatic carbocycles. The SMILES string of the molecule is CCCCCCCC/C=C\CCCCCC(=O)OCC1OC(OC2C(OC(=O)CCCCCCCCCCCCCCCCCC)C(O)C(O)C(OC3OC(CO)C(O)C(O)C3O)C2OP(=O)(O)OCC(COC(=O)CCCCCCCCCCCCCCC)OC(=O)CCCCCCCCC(C)CCCCCCCC)C(O)C(O)C1O. The van der Waals surface area contributed by atoms with Gasteiger partial charge in [-0.1, -0.05) is 342 Å². The molecule has 0 bridgehead atoms. The summed E-state index contributed by atoms with van der Waals surface area (Å²) in [5, 5.41) is 102. The van der Waals surface area contributed by atoms with Crippen LogP contribution in [0.1, 0.15) is 407 Å². The van der Waals surface area contributed by atoms with Crippen molar-refractivity contribution in [2.45, 2.75) is 511 Å². The fourth-order valence-corrected chi connectivity index (χ4v) is 16.8. The summed E-state index contributed by atoms with van der Waals surface area (Å²) in [6, 6.07) is 0. The van der Waals surface area contributed by atoms with E-state index in [4.69, 9.17) is 46.9 Å². The number of phosphoric ester groups is 1. The van der Waals surface area contributed by atoms with Crippen LogP contribution in [0.3, 0.4) is 0 Å². The zero-order valence-electron chi connectivity index (χ0n) is 73.4. The molecule has 688 valence electrons. The number of unbranched alkanes of at least 4 members (excludes halogenated alkanes) is 46. The molecule has 19 atom stereocenters. The highest BCUT2D eigenvalue weighted by Crippen LogP contribution is 2.49. The van der Waals surface area contributed by atoms with Gasteiger partial charge < -0.3 is 88.7 Å². The summed E-state index contributed by atoms with van der Waals surface area (Å²) in [6.45, 7) is 7.92. The normalized spacial score (nSPS) is 25.3. The Kier molecular flexibility index (Phi) is 64.4. The van der Waals surface area contributed by atoms with Crippen molar-refractivity contribution in [2.24, 2.45) is 5.92 Å². The molecule has 3 aliphatic rings. The number of aliphatic hydroxyl groups is 9. The van der Waals surface area contributed by atoms with Crippen molar-refractivity contribution >= 4 is 31.7 Å². The monoisotopic (exact) mass is 1690 g/mol. The highest BCUT2D eigenvalue weighted by molar-refractivity contribution is 7.47. The Morgan fingerprint density at radius 1 is 0.359 bits per heavy atom. The molecule has 1 aliphatic carbocycles. The van der Waals surface area contributed by atoms with Crippen molar-refractivity contribution in [1.29, 1.82) is 0 Å². The van der Waals surface area contributed by atoms with Crippen LogP contribution in [0.2, 0.25) is 0 Å². The average Bonchev–Trinajstić information content (AvgIpc) is 0.755. The second kappa shape index (κ2) is 69.5. The number of aliphatic hydroxyl groups excluding tert-OH is 9. The van der Waals surface area contributed by atoms with Crippen LogP contribution in [0.5, 0.6) is 0 Å². The first-order chi connectivity index (χ1) is 56.6. The fraction of sp³-hybridized carbons (Fsp3) is 0.934. The van der Waals surface area contributed by atoms with Gasteiger partial charge in [0.1, 0.15) is 92.6 Å². The van der Waals surface area contributed by atoms with Crippen molar-refractivity contribution in [2.75, 3.05) is 26.4 Å². The van der Waals surface area contributed by atoms with Gasteiger partial charge in [-0.2, -0.15) is 0 Å². The summed E-state index contributed by atoms with van der Waals surface area (Å²) in [4.78, 5) is 66.5. The lowest BCUT2D eigenvalue weighted by Crippen LogP contribution is -2.70. The van der Waals surface area contributed by atoms with Crippen LogP contribution in [0.15, 0.2) is 12.2 Å². The largest absolute Gasteiger partial charge is 0.472 e. The summed E-state index contributed by atoms with van der Waals surface area (Å²) in [5.74, 6) is -2.30. The van der Waals surface area contributed by atoms with Crippen LogP contribution in [-0.2, 0) is 70.7 Å². The molecular formula is C91H169O25P. The zero-order valence-corrected chi connectivity index (χ0v) is 74.3. The first-order valence-electron chi connectivity index (χ1n) is 47.3. The standard InChI is InChI=1S/C91H169O25P/c1-6-10-14-18-22-25-28-31-32-33-36-39-42-45-52-59-65-77(96)113-86-82(101)83(102)87(114-90-84(103)80(99)78(97)72(66-92)111-90)89(88(86)115-91-85(104)81(100)79(98)73(112-91)69-108-75(94)63-57-51-44-41-38-35-30-27-24-20-16-12-8-3)116-117(105,106)109-68-71(67-107-74(93)62-56-50-43-40-37-34-29-26-23-19-15-11-7-2)110-76(95)64-58-53-47-46-49-55-61-70(5)60-54-48-21-17-13-9-4/h35,38,70-73,78-92,97-104H,6-34,36-37,39-69H2,1-5H3,(H,105,106)/b38-35-. The Hall–Kier alpha value is -2.79. The van der Waals surface area contributed by atoms with Gasteiger partial charge in [-0.05, 0) is 57.3 Å². The first-order valence-corrected chi connectivity index (χ1v) is 48.8. The molecule has 2 saturated heterocycles. The molecule has 26 heteroatoms. The molecular weight excluding hydrogens is 1520 g/mol. The quantitative estimate of drug-likeness (QED) is 0.00889. The lowest BCUT2D eigenvalue weighted by Gasteiger charge is -2.50. The summed E-state index contributed by atoms with van der Waals surface area (Å²) in [5.41, 5.74) is 0. The molecule has 0 aromatic rings. The third kappa shape index (κ3) is 50.1. The summed E-state index contributed by atoms with van der Waals surface area (Å²) >= 11 is 0. The van der Waals surface area contributed by atoms with Gasteiger partial charge in [-0.3, -0.25) is 28.2 Å². The van der Waals surface area contributed by atoms with Crippen molar-refractivity contribution in [3.8, 4) is 0 Å². The number of rotatable bonds is 76. The van der Waals surface area contributed by atoms with E-state index in [1.807, 2.05) is 0 Å². The van der Waals surface area contributed by atoms with Crippen LogP contribution in [0, 0.1) is 5.92 Å². The Bertz CT molecular complexity index is 2500. The third-order valence-electron chi connectivity index (χ3n) is 23.4. The lowest BCUT2D eigenvalue weighted by atomic mass is 9.84. The number of carbonyl (C=O) groups excluding carboxylic acids is 4. The second-order valence-corrected chi connectivity index (χ2v) is 35.6. The molecule has 2 aliphatic heterocycles. The first kappa shape index (κ1) is 108. The van der Waals surface area contributed by atoms with E-state index in [1.54, 1.807) is 0 Å². The maximum Gasteiger partial charge on any atom is 0.472 e. The van der Waals surface area contributed by atoms with Crippen LogP contribution in [0.4, 0.5) is 0 Å². The van der Waals surface area contributed by atoms with E-state index in [0.29, 0.717) is 44.4 Å². The highest BCUT2D eigenvalue weighted by Gasteiger charge is 2.60. The molecule has 0 spiro atoms. The average molecular weight is 1690 g/mol. The van der Waals surface area contributed by atoms with Crippen molar-refractivity contribution in [1.82, 2.24) is 0 Å². The predicted octanol–water partition coefficient (Wildman–Crippen LogP) is 17.4. The lowest BCUT2D eigenvalue weighted by molar-refractivity contribution is -0.360. The van der Waals surface area contributed by atoms with E-state index in [0.717, 1.165) is 122 Å². The van der Waals surface area contributed by atoms with Crippen LogP contribution in [-0.4, -0.2) is 205 Å². The number of phosphoric acid groups is 1. The summed E-state index contributed by atoms with van der Waals surface area (Å²) < 4.78 is 73.5. The van der Waals surface area contributed by atoms with Crippen molar-refractivity contribution in [3.05, 3.63) is 12.2 Å². The number of carbonyl (C=O) groups is 4. The minimum absolute atomic E-state index is 0.00466. The van der Waals surface area contributed by atoms with Crippen LogP contribution < -0.4 is 0 Å². The number of ether oxygens (including phenoxy) is 8. The molecule has 0 amide bonds. The highest BCUT2D eigenvalue weighted by atomic mass is 31.2. The molecule has 10 N–H and O–H groups in total. The number of esters is 4. The summed E-state index contributed by atoms with van der Waals surface area (Å²) in [6.07, 6.45) is 26.4. The van der Waals surface area contributed by atoms with Gasteiger partial charge in [0.15, 0.2) is 24.8 Å². The Labute approximate surface area is 705 Å². The van der Waals surface area contributed by atoms with Crippen LogP contribution in [0.25, 0.3) is 0 Å². The van der Waals surface area contributed by atoms with Crippen molar-refractivity contribution in [3.63, 3.8) is 0 Å². The van der Waals surface area contributed by atoms with E-state index in [-0.39, 0.29) is 25.7 Å². The maximum absolute atomic E-state index is 14.9. The Morgan fingerprint density at radius 3 is 1.11 bits per heavy atom. The molecule has 0 aromatic heterocycles.